The number of hydrogen-bond acceptors (Lipinski definition) is 5. The summed E-state index contributed by atoms with van der Waals surface area (Å²) in [5.41, 5.74) is 9.72. The van der Waals surface area contributed by atoms with E-state index in [1.165, 1.54) is 12.1 Å². The summed E-state index contributed by atoms with van der Waals surface area (Å²) < 4.78 is 19.7. The summed E-state index contributed by atoms with van der Waals surface area (Å²) in [5.74, 6) is 0.179. The van der Waals surface area contributed by atoms with E-state index in [2.05, 4.69) is 11.1 Å². The standard InChI is InChI=1S/C21H17FN4O/c1-12-6-8-16(9-7-12)26-20(24)17(11-23)18(14-4-3-5-15(22)10-14)19-21(26)27-13(2)25-19/h3-10,18H,24H2,1-2H3. The Morgan fingerprint density at radius 2 is 1.93 bits per heavy atom. The Bertz CT molecular complexity index is 1090. The van der Waals surface area contributed by atoms with Crippen LogP contribution in [0.25, 0.3) is 0 Å². The number of aryl methyl sites for hydroxylation is 2. The van der Waals surface area contributed by atoms with Gasteiger partial charge in [0.2, 0.25) is 5.88 Å². The minimum atomic E-state index is -0.583. The molecule has 0 bridgehead atoms. The number of nitrogens with two attached hydrogens (primary N) is 1. The van der Waals surface area contributed by atoms with Crippen LogP contribution in [0.15, 0.2) is 64.3 Å². The SMILES string of the molecule is Cc1ccc(N2C(N)=C(C#N)C(c3cccc(F)c3)c3nc(C)oc32)cc1. The Balaban J connectivity index is 1.96. The molecule has 1 aliphatic rings. The Kier molecular flexibility index (Phi) is 3.93. The lowest BCUT2D eigenvalue weighted by molar-refractivity contribution is 0.522. The molecule has 5 nitrogen and oxygen atoms in total. The summed E-state index contributed by atoms with van der Waals surface area (Å²) in [6, 6.07) is 16.0. The van der Waals surface area contributed by atoms with Gasteiger partial charge in [-0.15, -0.1) is 0 Å². The second kappa shape index (κ2) is 6.29. The van der Waals surface area contributed by atoms with Crippen molar-refractivity contribution < 1.29 is 8.81 Å². The maximum atomic E-state index is 13.8. The molecule has 0 saturated heterocycles. The van der Waals surface area contributed by atoms with Gasteiger partial charge in [-0.1, -0.05) is 29.8 Å². The summed E-state index contributed by atoms with van der Waals surface area (Å²) >= 11 is 0. The molecule has 3 aromatic rings. The van der Waals surface area contributed by atoms with Gasteiger partial charge in [-0.2, -0.15) is 5.26 Å². The summed E-state index contributed by atoms with van der Waals surface area (Å²) in [5, 5.41) is 9.84. The average molecular weight is 360 g/mol. The van der Waals surface area contributed by atoms with Crippen LogP contribution in [-0.4, -0.2) is 4.98 Å². The van der Waals surface area contributed by atoms with Crippen LogP contribution in [0.5, 0.6) is 0 Å². The van der Waals surface area contributed by atoms with E-state index >= 15 is 0 Å². The predicted molar refractivity (Wildman–Crippen MR) is 99.6 cm³/mol. The first kappa shape index (κ1) is 16.9. The number of aromatic nitrogens is 1. The second-order valence-electron chi connectivity index (χ2n) is 6.49. The van der Waals surface area contributed by atoms with Crippen LogP contribution in [0.1, 0.15) is 28.6 Å². The number of hydrogen-bond donors (Lipinski definition) is 1. The molecule has 0 saturated carbocycles. The number of rotatable bonds is 2. The van der Waals surface area contributed by atoms with E-state index in [9.17, 15) is 9.65 Å². The van der Waals surface area contributed by atoms with Crippen LogP contribution in [0, 0.1) is 31.0 Å². The van der Waals surface area contributed by atoms with Crippen molar-refractivity contribution in [3.05, 3.63) is 88.5 Å². The molecule has 2 N–H and O–H groups in total. The number of benzene rings is 2. The highest BCUT2D eigenvalue weighted by atomic mass is 19.1. The van der Waals surface area contributed by atoms with Gasteiger partial charge in [0.25, 0.3) is 0 Å². The van der Waals surface area contributed by atoms with Gasteiger partial charge in [0.15, 0.2) is 5.89 Å². The molecule has 2 heterocycles. The summed E-state index contributed by atoms with van der Waals surface area (Å²) in [7, 11) is 0. The molecule has 27 heavy (non-hydrogen) atoms. The maximum absolute atomic E-state index is 13.8. The fourth-order valence-corrected chi connectivity index (χ4v) is 3.38. The van der Waals surface area contributed by atoms with E-state index in [1.54, 1.807) is 24.0 Å². The lowest BCUT2D eigenvalue weighted by atomic mass is 9.86. The van der Waals surface area contributed by atoms with Gasteiger partial charge >= 0.3 is 0 Å². The molecule has 1 aliphatic heterocycles. The van der Waals surface area contributed by atoms with E-state index in [1.807, 2.05) is 31.2 Å². The van der Waals surface area contributed by atoms with Crippen molar-refractivity contribution >= 4 is 11.6 Å². The van der Waals surface area contributed by atoms with Gasteiger partial charge in [0.1, 0.15) is 17.3 Å². The van der Waals surface area contributed by atoms with E-state index in [0.29, 0.717) is 28.6 Å². The lowest BCUT2D eigenvalue weighted by Crippen LogP contribution is -2.31. The summed E-state index contributed by atoms with van der Waals surface area (Å²) in [6.07, 6.45) is 0. The third-order valence-electron chi connectivity index (χ3n) is 4.62. The monoisotopic (exact) mass is 360 g/mol. The minimum Gasteiger partial charge on any atom is -0.424 e. The van der Waals surface area contributed by atoms with Gasteiger partial charge in [-0.25, -0.2) is 9.37 Å². The first-order valence-electron chi connectivity index (χ1n) is 8.49. The van der Waals surface area contributed by atoms with Crippen molar-refractivity contribution in [3.8, 4) is 6.07 Å². The second-order valence-corrected chi connectivity index (χ2v) is 6.49. The molecular formula is C21H17FN4O. The number of fused-ring (bicyclic) bond motifs is 1. The van der Waals surface area contributed by atoms with Gasteiger partial charge in [-0.3, -0.25) is 4.90 Å². The Morgan fingerprint density at radius 3 is 2.59 bits per heavy atom. The van der Waals surface area contributed by atoms with E-state index < -0.39 is 5.92 Å². The van der Waals surface area contributed by atoms with Gasteiger partial charge in [0.05, 0.1) is 23.2 Å². The molecule has 134 valence electrons. The normalized spacial score (nSPS) is 16.2. The average Bonchev–Trinajstić information content (AvgIpc) is 3.02. The van der Waals surface area contributed by atoms with Crippen molar-refractivity contribution in [2.75, 3.05) is 4.90 Å². The molecule has 6 heteroatoms. The van der Waals surface area contributed by atoms with Gasteiger partial charge in [0, 0.05) is 6.92 Å². The molecule has 4 rings (SSSR count). The number of oxazole rings is 1. The highest BCUT2D eigenvalue weighted by molar-refractivity contribution is 5.73. The van der Waals surface area contributed by atoms with Crippen LogP contribution in [0.4, 0.5) is 16.0 Å². The predicted octanol–water partition coefficient (Wildman–Crippen LogP) is 4.41. The Morgan fingerprint density at radius 1 is 1.19 bits per heavy atom. The van der Waals surface area contributed by atoms with Crippen LogP contribution in [0.3, 0.4) is 0 Å². The van der Waals surface area contributed by atoms with E-state index in [0.717, 1.165) is 11.3 Å². The molecule has 1 unspecified atom stereocenters. The van der Waals surface area contributed by atoms with Crippen LogP contribution >= 0.6 is 0 Å². The fourth-order valence-electron chi connectivity index (χ4n) is 3.38. The molecule has 0 amide bonds. The zero-order valence-corrected chi connectivity index (χ0v) is 14.9. The van der Waals surface area contributed by atoms with Crippen molar-refractivity contribution in [1.29, 1.82) is 5.26 Å². The summed E-state index contributed by atoms with van der Waals surface area (Å²) in [4.78, 5) is 6.18. The third kappa shape index (κ3) is 2.74. The number of anilines is 2. The third-order valence-corrected chi connectivity index (χ3v) is 4.62. The molecule has 0 radical (unpaired) electrons. The zero-order valence-electron chi connectivity index (χ0n) is 14.9. The Labute approximate surface area is 156 Å². The minimum absolute atomic E-state index is 0.249. The number of nitrogens with zero attached hydrogens (tertiary/aromatic N) is 3. The smallest absolute Gasteiger partial charge is 0.230 e. The van der Waals surface area contributed by atoms with E-state index in [4.69, 9.17) is 10.2 Å². The molecule has 1 aromatic heterocycles. The molecule has 2 aromatic carbocycles. The highest BCUT2D eigenvalue weighted by Crippen LogP contribution is 2.46. The molecule has 0 fully saturated rings. The number of halogens is 1. The molecule has 0 spiro atoms. The van der Waals surface area contributed by atoms with Crippen LogP contribution in [0.2, 0.25) is 0 Å². The number of nitriles is 1. The Hall–Kier alpha value is -3.59. The molecule has 1 atom stereocenters. The quantitative estimate of drug-likeness (QED) is 0.732. The molecule has 0 aliphatic carbocycles. The van der Waals surface area contributed by atoms with Crippen molar-refractivity contribution in [1.82, 2.24) is 4.98 Å². The van der Waals surface area contributed by atoms with Crippen molar-refractivity contribution in [2.24, 2.45) is 5.73 Å². The van der Waals surface area contributed by atoms with Gasteiger partial charge in [-0.05, 0) is 36.8 Å². The largest absolute Gasteiger partial charge is 0.424 e. The fraction of sp³-hybridized carbons (Fsp3) is 0.143. The van der Waals surface area contributed by atoms with E-state index in [-0.39, 0.29) is 11.6 Å². The zero-order chi connectivity index (χ0) is 19.1. The van der Waals surface area contributed by atoms with Gasteiger partial charge < -0.3 is 10.2 Å². The van der Waals surface area contributed by atoms with Crippen molar-refractivity contribution in [3.63, 3.8) is 0 Å². The molecular weight excluding hydrogens is 343 g/mol. The van der Waals surface area contributed by atoms with Crippen LogP contribution < -0.4 is 10.6 Å². The topological polar surface area (TPSA) is 79.1 Å². The first-order valence-corrected chi connectivity index (χ1v) is 8.49. The maximum Gasteiger partial charge on any atom is 0.230 e. The van der Waals surface area contributed by atoms with Crippen molar-refractivity contribution in [2.45, 2.75) is 19.8 Å². The first-order chi connectivity index (χ1) is 13.0. The summed E-state index contributed by atoms with van der Waals surface area (Å²) in [6.45, 7) is 3.72. The van der Waals surface area contributed by atoms with Crippen LogP contribution in [-0.2, 0) is 0 Å². The highest BCUT2D eigenvalue weighted by Gasteiger charge is 2.38. The number of allylic oxidation sites excluding steroid dienone is 1. The lowest BCUT2D eigenvalue weighted by Gasteiger charge is -2.31.